The molecule has 0 spiro atoms. The molecule has 1 rings (SSSR count). The Morgan fingerprint density at radius 2 is 2.21 bits per heavy atom. The number of nitrogens with two attached hydrogens (primary N) is 1. The molecule has 14 heavy (non-hydrogen) atoms. The first-order chi connectivity index (χ1) is 6.83. The maximum atomic E-state index is 5.35. The zero-order valence-electron chi connectivity index (χ0n) is 8.45. The third-order valence-corrected chi connectivity index (χ3v) is 2.74. The van der Waals surface area contributed by atoms with Crippen molar-refractivity contribution in [3.8, 4) is 5.75 Å². The van der Waals surface area contributed by atoms with Crippen molar-refractivity contribution < 1.29 is 9.57 Å². The highest BCUT2D eigenvalue weighted by Gasteiger charge is 2.07. The van der Waals surface area contributed by atoms with Crippen molar-refractivity contribution in [2.45, 2.75) is 11.3 Å². The van der Waals surface area contributed by atoms with Gasteiger partial charge in [-0.2, -0.15) is 0 Å². The third kappa shape index (κ3) is 2.64. The number of hydrogen-bond acceptors (Lipinski definition) is 4. The molecular formula is C10H15NO2S. The van der Waals surface area contributed by atoms with Crippen LogP contribution in [0.5, 0.6) is 5.75 Å². The molecule has 0 radical (unpaired) electrons. The van der Waals surface area contributed by atoms with E-state index in [1.165, 1.54) is 0 Å². The van der Waals surface area contributed by atoms with E-state index >= 15 is 0 Å². The fourth-order valence-electron chi connectivity index (χ4n) is 1.32. The van der Waals surface area contributed by atoms with Gasteiger partial charge >= 0.3 is 0 Å². The van der Waals surface area contributed by atoms with E-state index in [4.69, 9.17) is 10.6 Å². The molecule has 0 heterocycles. The van der Waals surface area contributed by atoms with Crippen LogP contribution in [0.4, 0.5) is 0 Å². The van der Waals surface area contributed by atoms with Crippen LogP contribution in [0.1, 0.15) is 5.56 Å². The fourth-order valence-corrected chi connectivity index (χ4v) is 1.93. The van der Waals surface area contributed by atoms with Gasteiger partial charge in [0.15, 0.2) is 0 Å². The Morgan fingerprint density at radius 3 is 2.79 bits per heavy atom. The van der Waals surface area contributed by atoms with E-state index in [1.807, 2.05) is 24.5 Å². The van der Waals surface area contributed by atoms with Gasteiger partial charge < -0.3 is 9.57 Å². The quantitative estimate of drug-likeness (QED) is 0.599. The van der Waals surface area contributed by atoms with Gasteiger partial charge in [0.05, 0.1) is 13.7 Å². The molecule has 0 atom stereocenters. The van der Waals surface area contributed by atoms with Gasteiger partial charge in [0, 0.05) is 11.3 Å². The van der Waals surface area contributed by atoms with Crippen molar-refractivity contribution in [2.75, 3.05) is 20.0 Å². The largest absolute Gasteiger partial charge is 0.495 e. The summed E-state index contributed by atoms with van der Waals surface area (Å²) in [6.07, 6.45) is 2.80. The Hall–Kier alpha value is -0.710. The molecule has 0 fully saturated rings. The lowest BCUT2D eigenvalue weighted by atomic mass is 10.1. The van der Waals surface area contributed by atoms with Gasteiger partial charge in [0.1, 0.15) is 5.75 Å². The number of ether oxygens (including phenoxy) is 1. The van der Waals surface area contributed by atoms with Gasteiger partial charge in [-0.1, -0.05) is 12.1 Å². The number of para-hydroxylation sites is 1. The molecule has 0 unspecified atom stereocenters. The van der Waals surface area contributed by atoms with Crippen LogP contribution in [0, 0.1) is 0 Å². The lowest BCUT2D eigenvalue weighted by Crippen LogP contribution is -2.05. The van der Waals surface area contributed by atoms with Crippen molar-refractivity contribution in [1.29, 1.82) is 0 Å². The van der Waals surface area contributed by atoms with Crippen LogP contribution < -0.4 is 10.6 Å². The maximum absolute atomic E-state index is 5.35. The predicted octanol–water partition coefficient (Wildman–Crippen LogP) is 1.85. The Labute approximate surface area is 88.5 Å². The highest BCUT2D eigenvalue weighted by Crippen LogP contribution is 2.31. The topological polar surface area (TPSA) is 44.5 Å². The van der Waals surface area contributed by atoms with Crippen molar-refractivity contribution in [1.82, 2.24) is 0 Å². The summed E-state index contributed by atoms with van der Waals surface area (Å²) in [5, 5.41) is 0. The molecule has 1 aromatic carbocycles. The van der Waals surface area contributed by atoms with Gasteiger partial charge in [0.25, 0.3) is 0 Å². The van der Waals surface area contributed by atoms with Crippen molar-refractivity contribution in [3.63, 3.8) is 0 Å². The zero-order valence-corrected chi connectivity index (χ0v) is 9.26. The molecular weight excluding hydrogens is 198 g/mol. The summed E-state index contributed by atoms with van der Waals surface area (Å²) in [6, 6.07) is 6.08. The van der Waals surface area contributed by atoms with Crippen LogP contribution in [0.25, 0.3) is 0 Å². The first-order valence-corrected chi connectivity index (χ1v) is 5.57. The van der Waals surface area contributed by atoms with E-state index in [2.05, 4.69) is 4.84 Å². The first kappa shape index (κ1) is 11.4. The predicted molar refractivity (Wildman–Crippen MR) is 58.6 cm³/mol. The van der Waals surface area contributed by atoms with Crippen LogP contribution in [-0.2, 0) is 11.3 Å². The minimum atomic E-state index is 0.508. The molecule has 1 aromatic rings. The summed E-state index contributed by atoms with van der Waals surface area (Å²) in [6.45, 7) is 0.508. The van der Waals surface area contributed by atoms with Crippen LogP contribution in [0.2, 0.25) is 0 Å². The van der Waals surface area contributed by atoms with Gasteiger partial charge in [-0.3, -0.25) is 0 Å². The summed E-state index contributed by atoms with van der Waals surface area (Å²) in [4.78, 5) is 5.70. The average Bonchev–Trinajstić information content (AvgIpc) is 2.25. The Morgan fingerprint density at radius 1 is 1.43 bits per heavy atom. The van der Waals surface area contributed by atoms with Gasteiger partial charge in [0.2, 0.25) is 0 Å². The molecule has 0 aliphatic rings. The molecule has 0 aliphatic carbocycles. The van der Waals surface area contributed by atoms with Gasteiger partial charge in [-0.15, -0.1) is 11.8 Å². The van der Waals surface area contributed by atoms with Crippen LogP contribution >= 0.6 is 11.8 Å². The lowest BCUT2D eigenvalue weighted by Gasteiger charge is -2.11. The summed E-state index contributed by atoms with van der Waals surface area (Å²) in [5.74, 6) is 5.92. The number of benzene rings is 1. The molecule has 0 bridgehead atoms. The molecule has 0 amide bonds. The summed E-state index contributed by atoms with van der Waals surface area (Å²) >= 11 is 1.67. The van der Waals surface area contributed by atoms with E-state index in [0.29, 0.717) is 6.61 Å². The number of methoxy groups -OCH3 is 1. The molecule has 0 saturated heterocycles. The Kier molecular flexibility index (Phi) is 4.79. The monoisotopic (exact) mass is 213 g/mol. The molecule has 0 aliphatic heterocycles. The SMILES string of the molecule is COc1c(CCON)cccc1SC. The molecule has 0 saturated carbocycles. The second-order valence-corrected chi connectivity index (χ2v) is 3.62. The summed E-state index contributed by atoms with van der Waals surface area (Å²) in [5.41, 5.74) is 1.13. The van der Waals surface area contributed by atoms with E-state index in [9.17, 15) is 0 Å². The first-order valence-electron chi connectivity index (χ1n) is 4.35. The van der Waals surface area contributed by atoms with E-state index in [1.54, 1.807) is 18.9 Å². The van der Waals surface area contributed by atoms with Crippen molar-refractivity contribution in [2.24, 2.45) is 5.90 Å². The van der Waals surface area contributed by atoms with E-state index in [0.717, 1.165) is 22.6 Å². The van der Waals surface area contributed by atoms with Gasteiger partial charge in [-0.25, -0.2) is 5.90 Å². The van der Waals surface area contributed by atoms with E-state index in [-0.39, 0.29) is 0 Å². The molecule has 2 N–H and O–H groups in total. The molecule has 0 aromatic heterocycles. The highest BCUT2D eigenvalue weighted by molar-refractivity contribution is 7.98. The third-order valence-electron chi connectivity index (χ3n) is 1.97. The van der Waals surface area contributed by atoms with Crippen molar-refractivity contribution in [3.05, 3.63) is 23.8 Å². The highest BCUT2D eigenvalue weighted by atomic mass is 32.2. The maximum Gasteiger partial charge on any atom is 0.135 e. The second kappa shape index (κ2) is 5.90. The molecule has 3 nitrogen and oxygen atoms in total. The second-order valence-electron chi connectivity index (χ2n) is 2.77. The zero-order chi connectivity index (χ0) is 10.4. The number of hydrogen-bond donors (Lipinski definition) is 1. The minimum Gasteiger partial charge on any atom is -0.495 e. The standard InChI is InChI=1S/C10H15NO2S/c1-12-10-8(6-7-13-11)4-3-5-9(10)14-2/h3-5H,6-7,11H2,1-2H3. The van der Waals surface area contributed by atoms with Crippen LogP contribution in [0.3, 0.4) is 0 Å². The number of thioether (sulfide) groups is 1. The minimum absolute atomic E-state index is 0.508. The molecule has 78 valence electrons. The van der Waals surface area contributed by atoms with Crippen molar-refractivity contribution >= 4 is 11.8 Å². The smallest absolute Gasteiger partial charge is 0.135 e. The summed E-state index contributed by atoms with van der Waals surface area (Å²) in [7, 11) is 1.68. The number of rotatable bonds is 5. The molecule has 4 heteroatoms. The lowest BCUT2D eigenvalue weighted by molar-refractivity contribution is 0.140. The Bertz CT molecular complexity index is 291. The van der Waals surface area contributed by atoms with Crippen LogP contribution in [-0.4, -0.2) is 20.0 Å². The summed E-state index contributed by atoms with van der Waals surface area (Å²) < 4.78 is 5.35. The van der Waals surface area contributed by atoms with E-state index < -0.39 is 0 Å². The fraction of sp³-hybridized carbons (Fsp3) is 0.400. The normalized spacial score (nSPS) is 10.2. The average molecular weight is 213 g/mol. The Balaban J connectivity index is 2.90. The van der Waals surface area contributed by atoms with Gasteiger partial charge in [-0.05, 0) is 17.9 Å². The van der Waals surface area contributed by atoms with Crippen LogP contribution in [0.15, 0.2) is 23.1 Å².